The van der Waals surface area contributed by atoms with Crippen molar-refractivity contribution in [2.45, 2.75) is 25.7 Å². The molecule has 1 aliphatic heterocycles. The summed E-state index contributed by atoms with van der Waals surface area (Å²) >= 11 is 0. The van der Waals surface area contributed by atoms with Crippen LogP contribution in [0.15, 0.2) is 66.7 Å². The maximum absolute atomic E-state index is 13.3. The lowest BCUT2D eigenvalue weighted by molar-refractivity contribution is -0.117. The summed E-state index contributed by atoms with van der Waals surface area (Å²) < 4.78 is 19.1. The fraction of sp³-hybridized carbons (Fsp3) is 0.192. The summed E-state index contributed by atoms with van der Waals surface area (Å²) in [4.78, 5) is 36.2. The van der Waals surface area contributed by atoms with E-state index in [9.17, 15) is 18.8 Å². The first-order valence-corrected chi connectivity index (χ1v) is 11.0. The molecule has 0 aliphatic carbocycles. The number of ether oxygens (including phenoxy) is 1. The van der Waals surface area contributed by atoms with Gasteiger partial charge in [-0.25, -0.2) is 4.39 Å². The first kappa shape index (κ1) is 23.0. The van der Waals surface area contributed by atoms with E-state index in [1.807, 2.05) is 12.1 Å². The predicted octanol–water partition coefficient (Wildman–Crippen LogP) is 4.76. The van der Waals surface area contributed by atoms with Gasteiger partial charge < -0.3 is 20.7 Å². The third-order valence-corrected chi connectivity index (χ3v) is 5.28. The molecule has 1 aliphatic rings. The molecule has 0 radical (unpaired) electrons. The van der Waals surface area contributed by atoms with E-state index in [0.29, 0.717) is 48.6 Å². The number of carbonyl (C=O) groups is 3. The van der Waals surface area contributed by atoms with Crippen LogP contribution >= 0.6 is 0 Å². The third-order valence-electron chi connectivity index (χ3n) is 5.28. The zero-order chi connectivity index (χ0) is 23.9. The van der Waals surface area contributed by atoms with Crippen LogP contribution in [0.4, 0.5) is 21.5 Å². The van der Waals surface area contributed by atoms with Gasteiger partial charge in [-0.2, -0.15) is 0 Å². The Morgan fingerprint density at radius 1 is 0.941 bits per heavy atom. The number of halogens is 1. The molecule has 3 amide bonds. The van der Waals surface area contributed by atoms with Gasteiger partial charge in [0.15, 0.2) is 0 Å². The average molecular weight is 461 g/mol. The van der Waals surface area contributed by atoms with E-state index in [1.54, 1.807) is 36.4 Å². The van der Waals surface area contributed by atoms with E-state index in [2.05, 4.69) is 16.0 Å². The molecule has 0 aromatic heterocycles. The van der Waals surface area contributed by atoms with Gasteiger partial charge in [0, 0.05) is 35.5 Å². The molecule has 3 aromatic rings. The second-order valence-corrected chi connectivity index (χ2v) is 7.91. The highest BCUT2D eigenvalue weighted by Crippen LogP contribution is 2.27. The van der Waals surface area contributed by atoms with E-state index < -0.39 is 11.7 Å². The topological polar surface area (TPSA) is 96.5 Å². The number of anilines is 3. The summed E-state index contributed by atoms with van der Waals surface area (Å²) in [6.07, 6.45) is 1.91. The van der Waals surface area contributed by atoms with Crippen molar-refractivity contribution in [3.8, 4) is 5.75 Å². The number of hydrogen-bond acceptors (Lipinski definition) is 4. The van der Waals surface area contributed by atoms with E-state index in [4.69, 9.17) is 4.74 Å². The standard InChI is InChI=1S/C26H24FN3O4/c27-19-5-2-7-21(16-19)29-26(33)18-4-1-6-20(14-18)28-24(31)8-3-13-34-22-10-11-23-17(15-22)9-12-25(32)30-23/h1-2,4-7,10-11,14-16H,3,8-9,12-13H2,(H,28,31)(H,29,33)(H,30,32). The Balaban J connectivity index is 1.23. The lowest BCUT2D eigenvalue weighted by Crippen LogP contribution is -2.18. The summed E-state index contributed by atoms with van der Waals surface area (Å²) in [5.41, 5.74) is 3.04. The molecule has 4 rings (SSSR count). The number of benzene rings is 3. The molecule has 7 nitrogen and oxygen atoms in total. The Hall–Kier alpha value is -4.20. The summed E-state index contributed by atoms with van der Waals surface area (Å²) in [5, 5.41) is 8.24. The van der Waals surface area contributed by atoms with Crippen LogP contribution in [-0.2, 0) is 16.0 Å². The monoisotopic (exact) mass is 461 g/mol. The molecule has 8 heteroatoms. The Labute approximate surface area is 196 Å². The number of rotatable bonds is 8. The number of carbonyl (C=O) groups excluding carboxylic acids is 3. The molecule has 0 atom stereocenters. The Morgan fingerprint density at radius 2 is 1.74 bits per heavy atom. The maximum atomic E-state index is 13.3. The highest BCUT2D eigenvalue weighted by atomic mass is 19.1. The fourth-order valence-electron chi connectivity index (χ4n) is 3.60. The Morgan fingerprint density at radius 3 is 2.56 bits per heavy atom. The number of aryl methyl sites for hydroxylation is 1. The minimum absolute atomic E-state index is 0.0185. The van der Waals surface area contributed by atoms with Gasteiger partial charge >= 0.3 is 0 Å². The van der Waals surface area contributed by atoms with Crippen LogP contribution in [0.25, 0.3) is 0 Å². The first-order valence-electron chi connectivity index (χ1n) is 11.0. The minimum Gasteiger partial charge on any atom is -0.494 e. The quantitative estimate of drug-likeness (QED) is 0.422. The van der Waals surface area contributed by atoms with E-state index in [-0.39, 0.29) is 18.2 Å². The van der Waals surface area contributed by atoms with Crippen LogP contribution in [0.3, 0.4) is 0 Å². The molecule has 0 saturated heterocycles. The van der Waals surface area contributed by atoms with Crippen LogP contribution in [0, 0.1) is 5.82 Å². The number of hydrogen-bond donors (Lipinski definition) is 3. The van der Waals surface area contributed by atoms with Crippen molar-refractivity contribution >= 4 is 34.8 Å². The van der Waals surface area contributed by atoms with Gasteiger partial charge in [-0.1, -0.05) is 12.1 Å². The fourth-order valence-corrected chi connectivity index (χ4v) is 3.60. The van der Waals surface area contributed by atoms with Crippen LogP contribution in [0.1, 0.15) is 35.2 Å². The molecular formula is C26H24FN3O4. The van der Waals surface area contributed by atoms with Gasteiger partial charge in [0.05, 0.1) is 6.61 Å². The SMILES string of the molecule is O=C(CCCOc1ccc2c(c1)CCC(=O)N2)Nc1cccc(C(=O)Nc2cccc(F)c2)c1. The summed E-state index contributed by atoms with van der Waals surface area (Å²) in [5.74, 6) is -0.320. The Kier molecular flexibility index (Phi) is 7.17. The van der Waals surface area contributed by atoms with Crippen LogP contribution < -0.4 is 20.7 Å². The molecule has 0 bridgehead atoms. The molecule has 3 aromatic carbocycles. The van der Waals surface area contributed by atoms with Gasteiger partial charge in [-0.3, -0.25) is 14.4 Å². The van der Waals surface area contributed by atoms with Crippen LogP contribution in [0.2, 0.25) is 0 Å². The second kappa shape index (κ2) is 10.6. The zero-order valence-electron chi connectivity index (χ0n) is 18.4. The second-order valence-electron chi connectivity index (χ2n) is 7.91. The van der Waals surface area contributed by atoms with Gasteiger partial charge in [-0.05, 0) is 73.0 Å². The van der Waals surface area contributed by atoms with Crippen LogP contribution in [0.5, 0.6) is 5.75 Å². The predicted molar refractivity (Wildman–Crippen MR) is 128 cm³/mol. The maximum Gasteiger partial charge on any atom is 0.255 e. The zero-order valence-corrected chi connectivity index (χ0v) is 18.4. The molecule has 0 unspecified atom stereocenters. The smallest absolute Gasteiger partial charge is 0.255 e. The van der Waals surface area contributed by atoms with Crippen molar-refractivity contribution in [3.63, 3.8) is 0 Å². The molecule has 34 heavy (non-hydrogen) atoms. The first-order chi connectivity index (χ1) is 16.5. The molecule has 0 fully saturated rings. The van der Waals surface area contributed by atoms with Gasteiger partial charge in [0.1, 0.15) is 11.6 Å². The van der Waals surface area contributed by atoms with Crippen molar-refractivity contribution in [1.29, 1.82) is 0 Å². The highest BCUT2D eigenvalue weighted by Gasteiger charge is 2.15. The molecule has 0 spiro atoms. The number of nitrogens with one attached hydrogen (secondary N) is 3. The van der Waals surface area contributed by atoms with Crippen molar-refractivity contribution < 1.29 is 23.5 Å². The van der Waals surface area contributed by atoms with Gasteiger partial charge in [0.25, 0.3) is 5.91 Å². The summed E-state index contributed by atoms with van der Waals surface area (Å²) in [7, 11) is 0. The number of amides is 3. The highest BCUT2D eigenvalue weighted by molar-refractivity contribution is 6.05. The normalized spacial score (nSPS) is 12.3. The van der Waals surface area contributed by atoms with E-state index >= 15 is 0 Å². The average Bonchev–Trinajstić information content (AvgIpc) is 2.82. The third kappa shape index (κ3) is 6.19. The van der Waals surface area contributed by atoms with Crippen molar-refractivity contribution in [2.24, 2.45) is 0 Å². The van der Waals surface area contributed by atoms with Crippen molar-refractivity contribution in [3.05, 3.63) is 83.7 Å². The van der Waals surface area contributed by atoms with E-state index in [0.717, 1.165) is 11.3 Å². The molecule has 3 N–H and O–H groups in total. The van der Waals surface area contributed by atoms with E-state index in [1.165, 1.54) is 18.2 Å². The molecule has 1 heterocycles. The lowest BCUT2D eigenvalue weighted by atomic mass is 10.0. The van der Waals surface area contributed by atoms with Crippen molar-refractivity contribution in [2.75, 3.05) is 22.6 Å². The van der Waals surface area contributed by atoms with Gasteiger partial charge in [0.2, 0.25) is 11.8 Å². The largest absolute Gasteiger partial charge is 0.494 e. The molecule has 174 valence electrons. The molecule has 0 saturated carbocycles. The van der Waals surface area contributed by atoms with Crippen LogP contribution in [-0.4, -0.2) is 24.3 Å². The minimum atomic E-state index is -0.442. The number of fused-ring (bicyclic) bond motifs is 1. The summed E-state index contributed by atoms with van der Waals surface area (Å²) in [6, 6.07) is 17.7. The lowest BCUT2D eigenvalue weighted by Gasteiger charge is -2.17. The Bertz CT molecular complexity index is 1230. The molecular weight excluding hydrogens is 437 g/mol. The summed E-state index contributed by atoms with van der Waals surface area (Å²) in [6.45, 7) is 0.370. The van der Waals surface area contributed by atoms with Crippen molar-refractivity contribution in [1.82, 2.24) is 0 Å². The van der Waals surface area contributed by atoms with Gasteiger partial charge in [-0.15, -0.1) is 0 Å².